The van der Waals surface area contributed by atoms with Crippen molar-refractivity contribution in [3.63, 3.8) is 0 Å². The summed E-state index contributed by atoms with van der Waals surface area (Å²) in [7, 11) is 1.41. The first-order chi connectivity index (χ1) is 16.4. The smallest absolute Gasteiger partial charge is 0.312 e. The highest BCUT2D eigenvalue weighted by Gasteiger charge is 2.61. The van der Waals surface area contributed by atoms with E-state index >= 15 is 0 Å². The van der Waals surface area contributed by atoms with Crippen molar-refractivity contribution < 1.29 is 24.2 Å². The van der Waals surface area contributed by atoms with Gasteiger partial charge in [0.25, 0.3) is 0 Å². The van der Waals surface area contributed by atoms with Crippen molar-refractivity contribution in [2.24, 2.45) is 46.3 Å². The highest BCUT2D eigenvalue weighted by Crippen LogP contribution is 2.65. The van der Waals surface area contributed by atoms with Gasteiger partial charge in [-0.3, -0.25) is 14.4 Å². The Kier molecular flexibility index (Phi) is 6.98. The van der Waals surface area contributed by atoms with E-state index in [1.807, 2.05) is 13.8 Å². The zero-order chi connectivity index (χ0) is 25.9. The number of hydrogen-bond donors (Lipinski definition) is 1. The van der Waals surface area contributed by atoms with E-state index in [1.54, 1.807) is 0 Å². The minimum absolute atomic E-state index is 0.0321. The molecule has 0 amide bonds. The molecule has 0 aromatic carbocycles. The number of Topliss-reactive ketones (excluding diaryl/α,β-unsaturated/α-hetero) is 2. The molecule has 0 saturated heterocycles. The summed E-state index contributed by atoms with van der Waals surface area (Å²) in [5.74, 6) is 0.715. The van der Waals surface area contributed by atoms with E-state index in [2.05, 4.69) is 27.4 Å². The normalized spacial score (nSPS) is 40.5. The van der Waals surface area contributed by atoms with Gasteiger partial charge in [-0.1, -0.05) is 39.8 Å². The van der Waals surface area contributed by atoms with Crippen molar-refractivity contribution in [2.45, 2.75) is 92.1 Å². The van der Waals surface area contributed by atoms with E-state index < -0.39 is 0 Å². The number of methoxy groups -OCH3 is 1. The van der Waals surface area contributed by atoms with Gasteiger partial charge in [-0.2, -0.15) is 0 Å². The highest BCUT2D eigenvalue weighted by molar-refractivity contribution is 6.10. The molecule has 0 radical (unpaired) electrons. The first-order valence-corrected chi connectivity index (χ1v) is 13.6. The Morgan fingerprint density at radius 2 is 1.86 bits per heavy atom. The van der Waals surface area contributed by atoms with E-state index in [9.17, 15) is 19.5 Å². The average Bonchev–Trinajstić information content (AvgIpc) is 3.16. The monoisotopic (exact) mass is 484 g/mol. The lowest BCUT2D eigenvalue weighted by molar-refractivity contribution is -0.143. The fourth-order valence-electron chi connectivity index (χ4n) is 8.60. The second-order valence-corrected chi connectivity index (χ2v) is 12.7. The summed E-state index contributed by atoms with van der Waals surface area (Å²) in [6, 6.07) is 0. The summed E-state index contributed by atoms with van der Waals surface area (Å²) in [5.41, 5.74) is 2.07. The molecule has 0 aromatic rings. The summed E-state index contributed by atoms with van der Waals surface area (Å²) < 4.78 is 4.87. The third kappa shape index (κ3) is 4.06. The number of rotatable bonds is 6. The third-order valence-electron chi connectivity index (χ3n) is 10.9. The largest absolute Gasteiger partial charge is 0.469 e. The zero-order valence-corrected chi connectivity index (χ0v) is 22.5. The first kappa shape index (κ1) is 26.3. The Hall–Kier alpha value is -1.75. The van der Waals surface area contributed by atoms with Gasteiger partial charge >= 0.3 is 5.97 Å². The van der Waals surface area contributed by atoms with Gasteiger partial charge in [0.1, 0.15) is 0 Å². The van der Waals surface area contributed by atoms with Gasteiger partial charge in [0.2, 0.25) is 0 Å². The first-order valence-electron chi connectivity index (χ1n) is 13.6. The fourth-order valence-corrected chi connectivity index (χ4v) is 8.60. The van der Waals surface area contributed by atoms with Crippen molar-refractivity contribution >= 4 is 17.5 Å². The standard InChI is InChI=1S/C30H44O5/c1-16(18(3)28(34)35-7)8-9-17(2)20-10-11-21-26-24(32)14-22-19(4)23(31)12-13-29(22,5)27(26)25(33)15-30(20,21)6/h17-23,31H,1,8-15H2,2-7H3/t17-,18+,19+,20-,21+,22-,23+,29+,30-/m1/s1. The Morgan fingerprint density at radius 3 is 2.51 bits per heavy atom. The van der Waals surface area contributed by atoms with Crippen LogP contribution in [-0.4, -0.2) is 35.9 Å². The van der Waals surface area contributed by atoms with Gasteiger partial charge in [-0.15, -0.1) is 0 Å². The van der Waals surface area contributed by atoms with Gasteiger partial charge < -0.3 is 9.84 Å². The summed E-state index contributed by atoms with van der Waals surface area (Å²) in [6.07, 6.45) is 5.71. The fraction of sp³-hybridized carbons (Fsp3) is 0.767. The lowest BCUT2D eigenvalue weighted by Crippen LogP contribution is -2.53. The number of aliphatic hydroxyl groups is 1. The number of ketones is 2. The topological polar surface area (TPSA) is 80.7 Å². The Morgan fingerprint density at radius 1 is 1.17 bits per heavy atom. The van der Waals surface area contributed by atoms with Crippen LogP contribution < -0.4 is 0 Å². The van der Waals surface area contributed by atoms with Gasteiger partial charge in [0.05, 0.1) is 19.1 Å². The minimum atomic E-state index is -0.389. The van der Waals surface area contributed by atoms with Crippen LogP contribution in [0.1, 0.15) is 86.0 Å². The predicted octanol–water partition coefficient (Wildman–Crippen LogP) is 5.46. The number of fused-ring (bicyclic) bond motifs is 4. The average molecular weight is 485 g/mol. The molecule has 0 spiro atoms. The molecule has 0 heterocycles. The highest BCUT2D eigenvalue weighted by atomic mass is 16.5. The number of aliphatic hydroxyl groups excluding tert-OH is 1. The molecule has 9 atom stereocenters. The Bertz CT molecular complexity index is 962. The van der Waals surface area contributed by atoms with Gasteiger partial charge in [0.15, 0.2) is 11.6 Å². The molecule has 35 heavy (non-hydrogen) atoms. The van der Waals surface area contributed by atoms with Crippen molar-refractivity contribution in [3.05, 3.63) is 23.3 Å². The maximum absolute atomic E-state index is 13.9. The molecule has 2 saturated carbocycles. The molecule has 4 aliphatic rings. The van der Waals surface area contributed by atoms with Crippen molar-refractivity contribution in [1.29, 1.82) is 0 Å². The molecule has 5 heteroatoms. The van der Waals surface area contributed by atoms with E-state index in [0.29, 0.717) is 31.1 Å². The lowest BCUT2D eigenvalue weighted by atomic mass is 9.48. The number of carbonyl (C=O) groups is 3. The van der Waals surface area contributed by atoms with Crippen LogP contribution in [0, 0.1) is 46.3 Å². The molecule has 0 aromatic heterocycles. The molecular formula is C30H44O5. The molecule has 0 aliphatic heterocycles. The van der Waals surface area contributed by atoms with E-state index in [1.165, 1.54) is 7.11 Å². The van der Waals surface area contributed by atoms with Gasteiger partial charge in [-0.05, 0) is 80.5 Å². The number of esters is 1. The molecule has 194 valence electrons. The second kappa shape index (κ2) is 9.28. The van der Waals surface area contributed by atoms with Crippen LogP contribution >= 0.6 is 0 Å². The lowest BCUT2D eigenvalue weighted by Gasteiger charge is -2.55. The third-order valence-corrected chi connectivity index (χ3v) is 10.9. The maximum Gasteiger partial charge on any atom is 0.312 e. The van der Waals surface area contributed by atoms with Crippen LogP contribution in [0.4, 0.5) is 0 Å². The Balaban J connectivity index is 1.58. The minimum Gasteiger partial charge on any atom is -0.469 e. The van der Waals surface area contributed by atoms with Crippen molar-refractivity contribution in [2.75, 3.05) is 7.11 Å². The summed E-state index contributed by atoms with van der Waals surface area (Å²) in [6.45, 7) is 14.7. The predicted molar refractivity (Wildman–Crippen MR) is 135 cm³/mol. The van der Waals surface area contributed by atoms with Crippen LogP contribution in [0.5, 0.6) is 0 Å². The zero-order valence-electron chi connectivity index (χ0n) is 22.5. The van der Waals surface area contributed by atoms with Gasteiger partial charge in [-0.25, -0.2) is 0 Å². The summed E-state index contributed by atoms with van der Waals surface area (Å²) in [5, 5.41) is 10.5. The SMILES string of the molecule is C=C(CC[C@@H](C)[C@H]1CC[C@H]2C3=C(C(=O)C[C@]12C)[C@@]1(C)CC[C@H](O)[C@@H](C)[C@H]1CC3=O)[C@H](C)C(=O)OC. The molecule has 4 rings (SSSR count). The molecule has 1 N–H and O–H groups in total. The molecule has 0 unspecified atom stereocenters. The van der Waals surface area contributed by atoms with Crippen molar-refractivity contribution in [3.8, 4) is 0 Å². The molecule has 0 bridgehead atoms. The number of allylic oxidation sites excluding steroid dienone is 2. The van der Waals surface area contributed by atoms with Crippen LogP contribution in [0.25, 0.3) is 0 Å². The van der Waals surface area contributed by atoms with Crippen LogP contribution in [0.2, 0.25) is 0 Å². The van der Waals surface area contributed by atoms with Gasteiger partial charge in [0, 0.05) is 29.4 Å². The molecule has 2 fully saturated rings. The van der Waals surface area contributed by atoms with Crippen LogP contribution in [0.15, 0.2) is 23.3 Å². The molecule has 5 nitrogen and oxygen atoms in total. The number of hydrogen-bond acceptors (Lipinski definition) is 5. The second-order valence-electron chi connectivity index (χ2n) is 12.7. The number of ether oxygens (including phenoxy) is 1. The number of carbonyl (C=O) groups excluding carboxylic acids is 3. The van der Waals surface area contributed by atoms with Crippen LogP contribution in [0.3, 0.4) is 0 Å². The summed E-state index contributed by atoms with van der Waals surface area (Å²) >= 11 is 0. The van der Waals surface area contributed by atoms with E-state index in [0.717, 1.165) is 48.8 Å². The Labute approximate surface area is 210 Å². The van der Waals surface area contributed by atoms with E-state index in [4.69, 9.17) is 4.74 Å². The van der Waals surface area contributed by atoms with E-state index in [-0.39, 0.29) is 58.1 Å². The quantitative estimate of drug-likeness (QED) is 0.400. The maximum atomic E-state index is 13.9. The summed E-state index contributed by atoms with van der Waals surface area (Å²) in [4.78, 5) is 39.4. The molecular weight excluding hydrogens is 440 g/mol. The van der Waals surface area contributed by atoms with Crippen LogP contribution in [-0.2, 0) is 19.1 Å². The van der Waals surface area contributed by atoms with Crippen molar-refractivity contribution in [1.82, 2.24) is 0 Å². The molecule has 4 aliphatic carbocycles.